The molecule has 0 aromatic rings. The van der Waals surface area contributed by atoms with Crippen LogP contribution in [-0.2, 0) is 4.79 Å². The fourth-order valence-corrected chi connectivity index (χ4v) is 4.08. The Morgan fingerprint density at radius 3 is 2.48 bits per heavy atom. The second kappa shape index (κ2) is 7.35. The average Bonchev–Trinajstić information content (AvgIpc) is 2.46. The lowest BCUT2D eigenvalue weighted by atomic mass is 9.96. The van der Waals surface area contributed by atoms with Crippen molar-refractivity contribution >= 4 is 23.8 Å². The Morgan fingerprint density at radius 1 is 1.24 bits per heavy atom. The number of carboxylic acids is 1. The first-order valence-corrected chi connectivity index (χ1v) is 8.65. The van der Waals surface area contributed by atoms with Gasteiger partial charge in [0.05, 0.1) is 0 Å². The minimum Gasteiger partial charge on any atom is -0.480 e. The van der Waals surface area contributed by atoms with Crippen LogP contribution in [0.15, 0.2) is 0 Å². The molecule has 2 saturated heterocycles. The van der Waals surface area contributed by atoms with Crippen LogP contribution in [0.2, 0.25) is 0 Å². The smallest absolute Gasteiger partial charge is 0.327 e. The Morgan fingerprint density at radius 2 is 1.90 bits per heavy atom. The van der Waals surface area contributed by atoms with Crippen molar-refractivity contribution in [1.82, 2.24) is 14.7 Å². The van der Waals surface area contributed by atoms with E-state index in [1.54, 1.807) is 16.7 Å². The van der Waals surface area contributed by atoms with Gasteiger partial charge >= 0.3 is 12.0 Å². The SMILES string of the molecule is CN(C)CC1CCN(C(=O)N2CCSCC2C(=O)O)CC1. The van der Waals surface area contributed by atoms with E-state index in [2.05, 4.69) is 19.0 Å². The molecule has 1 N–H and O–H groups in total. The summed E-state index contributed by atoms with van der Waals surface area (Å²) in [4.78, 5) is 29.4. The van der Waals surface area contributed by atoms with Crippen LogP contribution in [0.25, 0.3) is 0 Å². The summed E-state index contributed by atoms with van der Waals surface area (Å²) in [6, 6.07) is -0.762. The van der Waals surface area contributed by atoms with Crippen LogP contribution in [-0.4, -0.2) is 89.6 Å². The molecule has 0 radical (unpaired) electrons. The second-order valence-corrected chi connectivity index (χ2v) is 7.25. The van der Waals surface area contributed by atoms with Crippen LogP contribution in [0.4, 0.5) is 4.79 Å². The van der Waals surface area contributed by atoms with Crippen LogP contribution in [0, 0.1) is 5.92 Å². The molecule has 2 heterocycles. The summed E-state index contributed by atoms with van der Waals surface area (Å²) in [7, 11) is 4.14. The van der Waals surface area contributed by atoms with Crippen molar-refractivity contribution < 1.29 is 14.7 Å². The molecule has 1 unspecified atom stereocenters. The normalized spacial score (nSPS) is 24.4. The van der Waals surface area contributed by atoms with Crippen molar-refractivity contribution in [2.75, 3.05) is 51.8 Å². The molecular formula is C14H25N3O3S. The number of hydrogen-bond donors (Lipinski definition) is 1. The van der Waals surface area contributed by atoms with Gasteiger partial charge in [0.2, 0.25) is 0 Å². The van der Waals surface area contributed by atoms with Gasteiger partial charge in [0, 0.05) is 37.7 Å². The summed E-state index contributed by atoms with van der Waals surface area (Å²) in [5.41, 5.74) is 0. The van der Waals surface area contributed by atoms with Crippen molar-refractivity contribution in [3.8, 4) is 0 Å². The number of carbonyl (C=O) groups excluding carboxylic acids is 1. The topological polar surface area (TPSA) is 64.1 Å². The summed E-state index contributed by atoms with van der Waals surface area (Å²) in [6.07, 6.45) is 2.01. The van der Waals surface area contributed by atoms with Gasteiger partial charge in [-0.25, -0.2) is 9.59 Å². The number of carboxylic acid groups (broad SMARTS) is 1. The first-order chi connectivity index (χ1) is 9.99. The molecule has 0 aromatic heterocycles. The minimum absolute atomic E-state index is 0.0917. The molecule has 2 aliphatic rings. The first kappa shape index (κ1) is 16.4. The van der Waals surface area contributed by atoms with E-state index in [4.69, 9.17) is 0 Å². The lowest BCUT2D eigenvalue weighted by Crippen LogP contribution is -2.56. The Hall–Kier alpha value is -0.950. The standard InChI is InChI=1S/C14H25N3O3S/c1-15(2)9-11-3-5-16(6-4-11)14(20)17-7-8-21-10-12(17)13(18)19/h11-12H,3-10H2,1-2H3,(H,18,19). The van der Waals surface area contributed by atoms with Crippen molar-refractivity contribution in [3.63, 3.8) is 0 Å². The first-order valence-electron chi connectivity index (χ1n) is 7.50. The molecule has 0 saturated carbocycles. The predicted octanol–water partition coefficient (Wildman–Crippen LogP) is 0.882. The van der Waals surface area contributed by atoms with Crippen LogP contribution < -0.4 is 0 Å². The molecule has 0 bridgehead atoms. The van der Waals surface area contributed by atoms with Gasteiger partial charge in [-0.1, -0.05) is 0 Å². The molecule has 1 atom stereocenters. The third kappa shape index (κ3) is 4.26. The highest BCUT2D eigenvalue weighted by molar-refractivity contribution is 7.99. The zero-order valence-electron chi connectivity index (χ0n) is 12.8. The number of likely N-dealkylation sites (tertiary alicyclic amines) is 1. The van der Waals surface area contributed by atoms with Crippen LogP contribution in [0.5, 0.6) is 0 Å². The number of hydrogen-bond acceptors (Lipinski definition) is 4. The summed E-state index contributed by atoms with van der Waals surface area (Å²) in [6.45, 7) is 3.08. The second-order valence-electron chi connectivity index (χ2n) is 6.10. The molecular weight excluding hydrogens is 290 g/mol. The monoisotopic (exact) mass is 315 g/mol. The Kier molecular flexibility index (Phi) is 5.75. The maximum Gasteiger partial charge on any atom is 0.327 e. The highest BCUT2D eigenvalue weighted by Crippen LogP contribution is 2.22. The Bertz CT molecular complexity index is 384. The molecule has 2 rings (SSSR count). The van der Waals surface area contributed by atoms with Crippen LogP contribution >= 0.6 is 11.8 Å². The number of thioether (sulfide) groups is 1. The molecule has 0 spiro atoms. The summed E-state index contributed by atoms with van der Waals surface area (Å²) < 4.78 is 0. The van der Waals surface area contributed by atoms with E-state index in [0.29, 0.717) is 18.2 Å². The molecule has 2 amide bonds. The van der Waals surface area contributed by atoms with Gasteiger partial charge in [0.15, 0.2) is 0 Å². The van der Waals surface area contributed by atoms with E-state index < -0.39 is 12.0 Å². The van der Waals surface area contributed by atoms with Gasteiger partial charge in [-0.05, 0) is 32.9 Å². The highest BCUT2D eigenvalue weighted by Gasteiger charge is 2.35. The largest absolute Gasteiger partial charge is 0.480 e. The lowest BCUT2D eigenvalue weighted by Gasteiger charge is -2.39. The average molecular weight is 315 g/mol. The van der Waals surface area contributed by atoms with Gasteiger partial charge in [0.25, 0.3) is 0 Å². The van der Waals surface area contributed by atoms with Crippen molar-refractivity contribution in [2.24, 2.45) is 5.92 Å². The Balaban J connectivity index is 1.90. The predicted molar refractivity (Wildman–Crippen MR) is 83.7 cm³/mol. The minimum atomic E-state index is -0.891. The van der Waals surface area contributed by atoms with Gasteiger partial charge < -0.3 is 19.8 Å². The fourth-order valence-electron chi connectivity index (χ4n) is 3.04. The van der Waals surface area contributed by atoms with Crippen molar-refractivity contribution in [3.05, 3.63) is 0 Å². The molecule has 7 heteroatoms. The van der Waals surface area contributed by atoms with Gasteiger partial charge in [-0.3, -0.25) is 0 Å². The van der Waals surface area contributed by atoms with E-state index >= 15 is 0 Å². The van der Waals surface area contributed by atoms with Gasteiger partial charge in [-0.15, -0.1) is 0 Å². The summed E-state index contributed by atoms with van der Waals surface area (Å²) in [5, 5.41) is 9.27. The molecule has 0 aliphatic carbocycles. The summed E-state index contributed by atoms with van der Waals surface area (Å²) in [5.74, 6) is 1.07. The maximum absolute atomic E-state index is 12.6. The quantitative estimate of drug-likeness (QED) is 0.838. The molecule has 2 aliphatic heterocycles. The number of piperidine rings is 1. The summed E-state index contributed by atoms with van der Waals surface area (Å²) >= 11 is 1.61. The highest BCUT2D eigenvalue weighted by atomic mass is 32.2. The van der Waals surface area contributed by atoms with E-state index in [0.717, 1.165) is 38.2 Å². The van der Waals surface area contributed by atoms with E-state index in [-0.39, 0.29) is 6.03 Å². The molecule has 120 valence electrons. The van der Waals surface area contributed by atoms with E-state index in [1.165, 1.54) is 0 Å². The number of urea groups is 1. The molecule has 21 heavy (non-hydrogen) atoms. The molecule has 0 aromatic carbocycles. The fraction of sp³-hybridized carbons (Fsp3) is 0.857. The van der Waals surface area contributed by atoms with Crippen molar-refractivity contribution in [1.29, 1.82) is 0 Å². The number of carbonyl (C=O) groups is 2. The van der Waals surface area contributed by atoms with E-state index in [9.17, 15) is 14.7 Å². The molecule has 6 nitrogen and oxygen atoms in total. The lowest BCUT2D eigenvalue weighted by molar-refractivity contribution is -0.141. The number of rotatable bonds is 3. The van der Waals surface area contributed by atoms with E-state index in [1.807, 2.05) is 4.90 Å². The Labute approximate surface area is 130 Å². The number of nitrogens with zero attached hydrogens (tertiary/aromatic N) is 3. The number of amides is 2. The van der Waals surface area contributed by atoms with Crippen LogP contribution in [0.1, 0.15) is 12.8 Å². The zero-order chi connectivity index (χ0) is 15.4. The third-order valence-electron chi connectivity index (χ3n) is 4.17. The third-order valence-corrected chi connectivity index (χ3v) is 5.19. The van der Waals surface area contributed by atoms with Gasteiger partial charge in [-0.2, -0.15) is 11.8 Å². The maximum atomic E-state index is 12.6. The molecule has 2 fully saturated rings. The van der Waals surface area contributed by atoms with Crippen LogP contribution in [0.3, 0.4) is 0 Å². The zero-order valence-corrected chi connectivity index (χ0v) is 13.6. The number of aliphatic carboxylic acids is 1. The van der Waals surface area contributed by atoms with Crippen molar-refractivity contribution in [2.45, 2.75) is 18.9 Å². The van der Waals surface area contributed by atoms with Gasteiger partial charge in [0.1, 0.15) is 6.04 Å².